The molecule has 0 aliphatic carbocycles. The molecule has 0 aromatic heterocycles. The number of hydrogen-bond acceptors (Lipinski definition) is 4. The molecule has 0 amide bonds. The SMILES string of the molecule is CCN=CC[Si](OCC)(OCC)OCC. The molecule has 0 radical (unpaired) electrons. The van der Waals surface area contributed by atoms with Crippen LogP contribution in [0.15, 0.2) is 4.99 Å². The molecule has 4 nitrogen and oxygen atoms in total. The van der Waals surface area contributed by atoms with Gasteiger partial charge in [-0.25, -0.2) is 0 Å². The Morgan fingerprint density at radius 1 is 0.933 bits per heavy atom. The second-order valence-electron chi connectivity index (χ2n) is 2.87. The highest BCUT2D eigenvalue weighted by Gasteiger charge is 2.39. The van der Waals surface area contributed by atoms with Crippen LogP contribution in [0.3, 0.4) is 0 Å². The zero-order chi connectivity index (χ0) is 11.6. The van der Waals surface area contributed by atoms with Gasteiger partial charge in [-0.3, -0.25) is 4.99 Å². The fourth-order valence-corrected chi connectivity index (χ4v) is 3.54. The molecule has 0 N–H and O–H groups in total. The summed E-state index contributed by atoms with van der Waals surface area (Å²) >= 11 is 0. The summed E-state index contributed by atoms with van der Waals surface area (Å²) in [7, 11) is -2.48. The lowest BCUT2D eigenvalue weighted by atomic mass is 10.7. The maximum atomic E-state index is 5.66. The van der Waals surface area contributed by atoms with E-state index in [9.17, 15) is 0 Å². The molecule has 0 aromatic carbocycles. The van der Waals surface area contributed by atoms with Crippen molar-refractivity contribution in [1.82, 2.24) is 0 Å². The van der Waals surface area contributed by atoms with Crippen molar-refractivity contribution in [2.24, 2.45) is 4.99 Å². The van der Waals surface area contributed by atoms with E-state index in [1.807, 2.05) is 33.9 Å². The minimum atomic E-state index is -2.48. The van der Waals surface area contributed by atoms with E-state index in [-0.39, 0.29) is 0 Å². The van der Waals surface area contributed by atoms with Crippen molar-refractivity contribution in [2.45, 2.75) is 33.7 Å². The Hall–Kier alpha value is -0.233. The third-order valence-corrected chi connectivity index (χ3v) is 4.61. The molecule has 0 aromatic rings. The highest BCUT2D eigenvalue weighted by Crippen LogP contribution is 2.14. The maximum absolute atomic E-state index is 5.66. The van der Waals surface area contributed by atoms with Crippen LogP contribution in [0.25, 0.3) is 0 Å². The van der Waals surface area contributed by atoms with Crippen LogP contribution in [0.5, 0.6) is 0 Å². The molecule has 5 heteroatoms. The van der Waals surface area contributed by atoms with Crippen molar-refractivity contribution in [3.8, 4) is 0 Å². The Balaban J connectivity index is 4.37. The zero-order valence-electron chi connectivity index (χ0n) is 10.3. The Morgan fingerprint density at radius 2 is 1.40 bits per heavy atom. The van der Waals surface area contributed by atoms with Crippen LogP contribution in [-0.2, 0) is 13.3 Å². The van der Waals surface area contributed by atoms with Crippen LogP contribution in [-0.4, -0.2) is 41.4 Å². The third kappa shape index (κ3) is 6.04. The van der Waals surface area contributed by atoms with E-state index >= 15 is 0 Å². The van der Waals surface area contributed by atoms with Crippen molar-refractivity contribution in [1.29, 1.82) is 0 Å². The number of rotatable bonds is 9. The molecule has 0 aliphatic rings. The van der Waals surface area contributed by atoms with Crippen LogP contribution in [0.2, 0.25) is 6.04 Å². The van der Waals surface area contributed by atoms with Gasteiger partial charge in [-0.1, -0.05) is 0 Å². The van der Waals surface area contributed by atoms with Gasteiger partial charge in [0.1, 0.15) is 0 Å². The van der Waals surface area contributed by atoms with Crippen molar-refractivity contribution < 1.29 is 13.3 Å². The fourth-order valence-electron chi connectivity index (χ4n) is 1.27. The van der Waals surface area contributed by atoms with Gasteiger partial charge in [0.15, 0.2) is 0 Å². The minimum absolute atomic E-state index is 0.617. The number of hydrogen-bond donors (Lipinski definition) is 0. The van der Waals surface area contributed by atoms with Gasteiger partial charge in [0.25, 0.3) is 0 Å². The maximum Gasteiger partial charge on any atom is 0.506 e. The number of aliphatic imine (C=N–C) groups is 1. The Bertz CT molecular complexity index is 159. The van der Waals surface area contributed by atoms with Crippen LogP contribution in [0.1, 0.15) is 27.7 Å². The van der Waals surface area contributed by atoms with Crippen LogP contribution in [0.4, 0.5) is 0 Å². The van der Waals surface area contributed by atoms with Gasteiger partial charge in [-0.05, 0) is 27.7 Å². The fraction of sp³-hybridized carbons (Fsp3) is 0.900. The summed E-state index contributed by atoms with van der Waals surface area (Å²) in [5, 5.41) is 0. The summed E-state index contributed by atoms with van der Waals surface area (Å²) in [6.45, 7) is 10.5. The van der Waals surface area contributed by atoms with E-state index in [4.69, 9.17) is 13.3 Å². The molecule has 0 aliphatic heterocycles. The molecule has 0 heterocycles. The van der Waals surface area contributed by atoms with Crippen molar-refractivity contribution in [3.63, 3.8) is 0 Å². The first-order valence-electron chi connectivity index (χ1n) is 5.64. The normalized spacial score (nSPS) is 12.5. The Labute approximate surface area is 94.0 Å². The topological polar surface area (TPSA) is 40.0 Å². The van der Waals surface area contributed by atoms with E-state index < -0.39 is 8.80 Å². The van der Waals surface area contributed by atoms with Gasteiger partial charge >= 0.3 is 8.80 Å². The third-order valence-electron chi connectivity index (χ3n) is 1.75. The molecule has 0 saturated carbocycles. The van der Waals surface area contributed by atoms with Gasteiger partial charge < -0.3 is 13.3 Å². The first kappa shape index (κ1) is 14.8. The molecular formula is C10H23NO3Si. The predicted molar refractivity (Wildman–Crippen MR) is 64.5 cm³/mol. The number of nitrogens with zero attached hydrogens (tertiary/aromatic N) is 1. The Kier molecular flexibility index (Phi) is 8.89. The average molecular weight is 233 g/mol. The first-order valence-corrected chi connectivity index (χ1v) is 7.57. The minimum Gasteiger partial charge on any atom is -0.374 e. The van der Waals surface area contributed by atoms with Crippen molar-refractivity contribution in [2.75, 3.05) is 26.4 Å². The second-order valence-corrected chi connectivity index (χ2v) is 5.51. The molecule has 90 valence electrons. The molecule has 0 saturated heterocycles. The standard InChI is InChI=1S/C10H23NO3Si/c1-5-11-9-10-15(12-6-2,13-7-3)14-8-4/h9H,5-8,10H2,1-4H3. The van der Waals surface area contributed by atoms with E-state index in [1.165, 1.54) is 0 Å². The Morgan fingerprint density at radius 3 is 1.73 bits per heavy atom. The lowest BCUT2D eigenvalue weighted by Gasteiger charge is -2.27. The molecule has 0 rings (SSSR count). The molecule has 15 heavy (non-hydrogen) atoms. The van der Waals surface area contributed by atoms with Gasteiger partial charge in [0.2, 0.25) is 0 Å². The largest absolute Gasteiger partial charge is 0.506 e. The van der Waals surface area contributed by atoms with E-state index in [0.29, 0.717) is 25.9 Å². The monoisotopic (exact) mass is 233 g/mol. The zero-order valence-corrected chi connectivity index (χ0v) is 11.3. The van der Waals surface area contributed by atoms with Gasteiger partial charge in [-0.2, -0.15) is 0 Å². The summed E-state index contributed by atoms with van der Waals surface area (Å²) in [5.74, 6) is 0. The van der Waals surface area contributed by atoms with Gasteiger partial charge in [0, 0.05) is 32.6 Å². The van der Waals surface area contributed by atoms with Gasteiger partial charge in [0.05, 0.1) is 6.04 Å². The summed E-state index contributed by atoms with van der Waals surface area (Å²) < 4.78 is 17.0. The van der Waals surface area contributed by atoms with Crippen LogP contribution >= 0.6 is 0 Å². The molecule has 0 fully saturated rings. The lowest BCUT2D eigenvalue weighted by molar-refractivity contribution is 0.0756. The van der Waals surface area contributed by atoms with Crippen LogP contribution in [0, 0.1) is 0 Å². The van der Waals surface area contributed by atoms with E-state index in [0.717, 1.165) is 6.54 Å². The summed E-state index contributed by atoms with van der Waals surface area (Å²) in [6, 6.07) is 0.663. The lowest BCUT2D eigenvalue weighted by Crippen LogP contribution is -2.46. The highest BCUT2D eigenvalue weighted by atomic mass is 28.4. The summed E-state index contributed by atoms with van der Waals surface area (Å²) in [6.07, 6.45) is 1.85. The summed E-state index contributed by atoms with van der Waals surface area (Å²) in [4.78, 5) is 4.17. The summed E-state index contributed by atoms with van der Waals surface area (Å²) in [5.41, 5.74) is 0. The average Bonchev–Trinajstić information content (AvgIpc) is 2.19. The van der Waals surface area contributed by atoms with Gasteiger partial charge in [-0.15, -0.1) is 0 Å². The van der Waals surface area contributed by atoms with E-state index in [1.54, 1.807) is 0 Å². The second kappa shape index (κ2) is 9.03. The molecule has 0 unspecified atom stereocenters. The molecular weight excluding hydrogens is 210 g/mol. The molecule has 0 bridgehead atoms. The van der Waals surface area contributed by atoms with Crippen LogP contribution < -0.4 is 0 Å². The quantitative estimate of drug-likeness (QED) is 0.452. The molecule has 0 atom stereocenters. The highest BCUT2D eigenvalue weighted by molar-refractivity contribution is 6.63. The first-order chi connectivity index (χ1) is 7.24. The van der Waals surface area contributed by atoms with E-state index in [2.05, 4.69) is 4.99 Å². The smallest absolute Gasteiger partial charge is 0.374 e. The predicted octanol–water partition coefficient (Wildman–Crippen LogP) is 2.13. The van der Waals surface area contributed by atoms with Crippen molar-refractivity contribution >= 4 is 15.0 Å². The van der Waals surface area contributed by atoms with Crippen molar-refractivity contribution in [3.05, 3.63) is 0 Å². The molecule has 0 spiro atoms.